The Balaban J connectivity index is 2.49. The Bertz CT molecular complexity index is 868. The molecular formula is C22H25NO5. The first-order valence-electron chi connectivity index (χ1n) is 8.79. The van der Waals surface area contributed by atoms with E-state index >= 15 is 0 Å². The number of ether oxygens (including phenoxy) is 3. The summed E-state index contributed by atoms with van der Waals surface area (Å²) in [6.07, 6.45) is 6.94. The summed E-state index contributed by atoms with van der Waals surface area (Å²) in [5.41, 5.74) is 2.29. The molecule has 0 aliphatic carbocycles. The summed E-state index contributed by atoms with van der Waals surface area (Å²) in [4.78, 5) is 16.9. The number of hydrogen-bond acceptors (Lipinski definition) is 6. The molecule has 28 heavy (non-hydrogen) atoms. The smallest absolute Gasteiger partial charge is 0.193 e. The number of rotatable bonds is 9. The fourth-order valence-electron chi connectivity index (χ4n) is 2.54. The molecule has 0 radical (unpaired) electrons. The van der Waals surface area contributed by atoms with Crippen LogP contribution in [0.5, 0.6) is 17.2 Å². The van der Waals surface area contributed by atoms with Gasteiger partial charge in [0.05, 0.1) is 12.8 Å². The van der Waals surface area contributed by atoms with Crippen molar-refractivity contribution in [3.8, 4) is 17.2 Å². The van der Waals surface area contributed by atoms with Crippen LogP contribution in [0.4, 0.5) is 0 Å². The molecule has 1 aromatic carbocycles. The van der Waals surface area contributed by atoms with Gasteiger partial charge in [-0.3, -0.25) is 9.78 Å². The third kappa shape index (κ3) is 5.44. The van der Waals surface area contributed by atoms with Crippen LogP contribution < -0.4 is 9.47 Å². The third-order valence-corrected chi connectivity index (χ3v) is 3.93. The molecule has 0 amide bonds. The molecule has 0 saturated heterocycles. The van der Waals surface area contributed by atoms with E-state index in [-0.39, 0.29) is 23.9 Å². The molecule has 2 rings (SSSR count). The van der Waals surface area contributed by atoms with Gasteiger partial charge in [-0.2, -0.15) is 0 Å². The highest BCUT2D eigenvalue weighted by molar-refractivity contribution is 6.11. The van der Waals surface area contributed by atoms with E-state index in [1.54, 1.807) is 30.5 Å². The van der Waals surface area contributed by atoms with Crippen molar-refractivity contribution in [3.63, 3.8) is 0 Å². The van der Waals surface area contributed by atoms with Gasteiger partial charge in [0.2, 0.25) is 0 Å². The highest BCUT2D eigenvalue weighted by Gasteiger charge is 2.23. The monoisotopic (exact) mass is 383 g/mol. The van der Waals surface area contributed by atoms with Crippen LogP contribution in [0, 0.1) is 0 Å². The lowest BCUT2D eigenvalue weighted by atomic mass is 9.99. The van der Waals surface area contributed by atoms with Crippen molar-refractivity contribution in [2.45, 2.75) is 20.3 Å². The second kappa shape index (κ2) is 10.3. The first-order valence-corrected chi connectivity index (χ1v) is 8.79. The molecule has 0 unspecified atom stereocenters. The van der Waals surface area contributed by atoms with Crippen molar-refractivity contribution >= 4 is 11.9 Å². The SMILES string of the molecule is COCOc1cc(OC)c(C(=O)C=Cc2ccccn2)c(O)c1CC=C(C)C. The number of carbonyl (C=O) groups excluding carboxylic acids is 1. The topological polar surface area (TPSA) is 77.9 Å². The molecule has 0 fully saturated rings. The molecule has 0 spiro atoms. The summed E-state index contributed by atoms with van der Waals surface area (Å²) in [5, 5.41) is 10.9. The summed E-state index contributed by atoms with van der Waals surface area (Å²) in [6.45, 7) is 3.92. The van der Waals surface area contributed by atoms with E-state index in [0.717, 1.165) is 5.57 Å². The van der Waals surface area contributed by atoms with Crippen LogP contribution in [0.2, 0.25) is 0 Å². The molecule has 1 aromatic heterocycles. The number of carbonyl (C=O) groups is 1. The van der Waals surface area contributed by atoms with Crippen LogP contribution in [0.25, 0.3) is 6.08 Å². The Labute approximate surface area is 165 Å². The molecule has 6 heteroatoms. The van der Waals surface area contributed by atoms with Crippen LogP contribution in [0.3, 0.4) is 0 Å². The number of aromatic nitrogens is 1. The number of ketones is 1. The van der Waals surface area contributed by atoms with Crippen LogP contribution in [-0.4, -0.2) is 36.9 Å². The average molecular weight is 383 g/mol. The Kier molecular flexibility index (Phi) is 7.77. The van der Waals surface area contributed by atoms with Crippen molar-refractivity contribution in [2.24, 2.45) is 0 Å². The summed E-state index contributed by atoms with van der Waals surface area (Å²) in [7, 11) is 2.94. The van der Waals surface area contributed by atoms with E-state index in [1.165, 1.54) is 20.3 Å². The van der Waals surface area contributed by atoms with Crippen molar-refractivity contribution < 1.29 is 24.1 Å². The number of phenolic OH excluding ortho intramolecular Hbond substituents is 1. The number of nitrogens with zero attached hydrogens (tertiary/aromatic N) is 1. The predicted molar refractivity (Wildman–Crippen MR) is 108 cm³/mol. The van der Waals surface area contributed by atoms with Gasteiger partial charge in [0, 0.05) is 24.9 Å². The Morgan fingerprint density at radius 1 is 1.21 bits per heavy atom. The quantitative estimate of drug-likeness (QED) is 0.303. The molecular weight excluding hydrogens is 358 g/mol. The highest BCUT2D eigenvalue weighted by atomic mass is 16.7. The minimum atomic E-state index is -0.392. The molecule has 0 atom stereocenters. The van der Waals surface area contributed by atoms with Gasteiger partial charge < -0.3 is 19.3 Å². The minimum absolute atomic E-state index is 0.0112. The molecule has 6 nitrogen and oxygen atoms in total. The second-order valence-corrected chi connectivity index (χ2v) is 6.27. The van der Waals surface area contributed by atoms with Gasteiger partial charge >= 0.3 is 0 Å². The first kappa shape index (κ1) is 21.2. The minimum Gasteiger partial charge on any atom is -0.507 e. The summed E-state index contributed by atoms with van der Waals surface area (Å²) >= 11 is 0. The second-order valence-electron chi connectivity index (χ2n) is 6.27. The summed E-state index contributed by atoms with van der Waals surface area (Å²) in [5.74, 6) is 0.0644. The lowest BCUT2D eigenvalue weighted by Crippen LogP contribution is -2.07. The van der Waals surface area contributed by atoms with E-state index in [0.29, 0.717) is 23.4 Å². The van der Waals surface area contributed by atoms with Gasteiger partial charge in [0.1, 0.15) is 22.8 Å². The number of hydrogen-bond donors (Lipinski definition) is 1. The molecule has 0 saturated carbocycles. The number of pyridine rings is 1. The van der Waals surface area contributed by atoms with Crippen LogP contribution >= 0.6 is 0 Å². The number of allylic oxidation sites excluding steroid dienone is 3. The summed E-state index contributed by atoms with van der Waals surface area (Å²) < 4.78 is 15.9. The molecule has 148 valence electrons. The van der Waals surface area contributed by atoms with Crippen molar-refractivity contribution in [3.05, 3.63) is 65.0 Å². The van der Waals surface area contributed by atoms with E-state index in [1.807, 2.05) is 26.0 Å². The van der Waals surface area contributed by atoms with Crippen LogP contribution in [-0.2, 0) is 11.2 Å². The lowest BCUT2D eigenvalue weighted by Gasteiger charge is -2.17. The van der Waals surface area contributed by atoms with E-state index in [9.17, 15) is 9.90 Å². The maximum Gasteiger partial charge on any atom is 0.193 e. The Morgan fingerprint density at radius 3 is 2.61 bits per heavy atom. The zero-order chi connectivity index (χ0) is 20.5. The third-order valence-electron chi connectivity index (χ3n) is 3.93. The number of aromatic hydroxyl groups is 1. The zero-order valence-electron chi connectivity index (χ0n) is 16.6. The van der Waals surface area contributed by atoms with Gasteiger partial charge in [-0.05, 0) is 44.6 Å². The molecule has 1 heterocycles. The Hall–Kier alpha value is -3.12. The van der Waals surface area contributed by atoms with Gasteiger partial charge in [-0.25, -0.2) is 0 Å². The van der Waals surface area contributed by atoms with Gasteiger partial charge in [-0.1, -0.05) is 17.7 Å². The van der Waals surface area contributed by atoms with Crippen molar-refractivity contribution in [1.82, 2.24) is 4.98 Å². The van der Waals surface area contributed by atoms with E-state index in [4.69, 9.17) is 14.2 Å². The van der Waals surface area contributed by atoms with E-state index < -0.39 is 5.78 Å². The Morgan fingerprint density at radius 2 is 2.00 bits per heavy atom. The van der Waals surface area contributed by atoms with Gasteiger partial charge in [-0.15, -0.1) is 0 Å². The predicted octanol–water partition coefficient (Wildman–Crippen LogP) is 4.18. The maximum atomic E-state index is 12.8. The molecule has 1 N–H and O–H groups in total. The summed E-state index contributed by atoms with van der Waals surface area (Å²) in [6, 6.07) is 6.99. The zero-order valence-corrected chi connectivity index (χ0v) is 16.6. The maximum absolute atomic E-state index is 12.8. The number of methoxy groups -OCH3 is 2. The van der Waals surface area contributed by atoms with Gasteiger partial charge in [0.15, 0.2) is 12.6 Å². The lowest BCUT2D eigenvalue weighted by molar-refractivity contribution is 0.0502. The number of phenols is 1. The van der Waals surface area contributed by atoms with Crippen molar-refractivity contribution in [1.29, 1.82) is 0 Å². The standard InChI is InChI=1S/C22H25NO5/c1-15(2)8-10-17-19(28-14-26-3)13-20(27-4)21(22(17)25)18(24)11-9-16-7-5-6-12-23-16/h5-9,11-13,25H,10,14H2,1-4H3. The van der Waals surface area contributed by atoms with Crippen LogP contribution in [0.1, 0.15) is 35.5 Å². The number of benzene rings is 1. The molecule has 0 aliphatic heterocycles. The van der Waals surface area contributed by atoms with E-state index in [2.05, 4.69) is 4.98 Å². The normalized spacial score (nSPS) is 10.7. The van der Waals surface area contributed by atoms with Crippen molar-refractivity contribution in [2.75, 3.05) is 21.0 Å². The highest BCUT2D eigenvalue weighted by Crippen LogP contribution is 2.39. The van der Waals surface area contributed by atoms with Gasteiger partial charge in [0.25, 0.3) is 0 Å². The average Bonchev–Trinajstić information content (AvgIpc) is 2.69. The largest absolute Gasteiger partial charge is 0.507 e. The first-order chi connectivity index (χ1) is 13.5. The fraction of sp³-hybridized carbons (Fsp3) is 0.273. The molecule has 0 bridgehead atoms. The van der Waals surface area contributed by atoms with Crippen LogP contribution in [0.15, 0.2) is 48.2 Å². The fourth-order valence-corrected chi connectivity index (χ4v) is 2.54. The molecule has 0 aliphatic rings. The molecule has 2 aromatic rings.